The summed E-state index contributed by atoms with van der Waals surface area (Å²) in [5.74, 6) is 0.527. The molecule has 0 aromatic heterocycles. The minimum absolute atomic E-state index is 0.0284. The molecule has 5 rings (SSSR count). The predicted molar refractivity (Wildman–Crippen MR) is 133 cm³/mol. The van der Waals surface area contributed by atoms with E-state index in [9.17, 15) is 9.59 Å². The molecule has 7 nitrogen and oxygen atoms in total. The molecule has 7 heteroatoms. The van der Waals surface area contributed by atoms with Crippen LogP contribution in [0.2, 0.25) is 0 Å². The van der Waals surface area contributed by atoms with E-state index in [0.29, 0.717) is 34.9 Å². The van der Waals surface area contributed by atoms with Crippen LogP contribution in [0.3, 0.4) is 0 Å². The van der Waals surface area contributed by atoms with Gasteiger partial charge in [-0.3, -0.25) is 4.79 Å². The lowest BCUT2D eigenvalue weighted by atomic mass is 9.77. The number of hydrogen-bond acceptors (Lipinski definition) is 7. The molecule has 0 radical (unpaired) electrons. The Bertz CT molecular complexity index is 1300. The van der Waals surface area contributed by atoms with Crippen molar-refractivity contribution in [3.8, 4) is 11.5 Å². The van der Waals surface area contributed by atoms with E-state index in [1.807, 2.05) is 54.6 Å². The molecule has 0 aliphatic carbocycles. The summed E-state index contributed by atoms with van der Waals surface area (Å²) in [5.41, 5.74) is 3.36. The highest BCUT2D eigenvalue weighted by molar-refractivity contribution is 5.97. The fourth-order valence-electron chi connectivity index (χ4n) is 4.94. The number of carbonyl (C=O) groups is 2. The van der Waals surface area contributed by atoms with Gasteiger partial charge in [0.2, 0.25) is 0 Å². The molecule has 1 unspecified atom stereocenters. The summed E-state index contributed by atoms with van der Waals surface area (Å²) in [6, 6.07) is 19.1. The lowest BCUT2D eigenvalue weighted by molar-refractivity contribution is -0.140. The molecular formula is C28H28N2O5. The van der Waals surface area contributed by atoms with E-state index in [1.54, 1.807) is 13.0 Å². The van der Waals surface area contributed by atoms with Crippen LogP contribution in [0.4, 0.5) is 11.4 Å². The summed E-state index contributed by atoms with van der Waals surface area (Å²) in [6.07, 6.45) is 0. The van der Waals surface area contributed by atoms with Gasteiger partial charge in [-0.15, -0.1) is 0 Å². The Balaban J connectivity index is 1.66. The van der Waals surface area contributed by atoms with Crippen LogP contribution >= 0.6 is 0 Å². The summed E-state index contributed by atoms with van der Waals surface area (Å²) in [7, 11) is 0. The molecule has 0 bridgehead atoms. The first-order valence-electron chi connectivity index (χ1n) is 12.0. The van der Waals surface area contributed by atoms with E-state index in [2.05, 4.69) is 24.1 Å². The van der Waals surface area contributed by atoms with Crippen LogP contribution in [0.15, 0.2) is 60.7 Å². The number of fused-ring (bicyclic) bond motifs is 6. The average Bonchev–Trinajstić information content (AvgIpc) is 3.17. The maximum atomic E-state index is 13.1. The van der Waals surface area contributed by atoms with E-state index in [-0.39, 0.29) is 18.5 Å². The topological polar surface area (TPSA) is 77.1 Å². The number of ether oxygens (including phenoxy) is 3. The van der Waals surface area contributed by atoms with Gasteiger partial charge in [-0.05, 0) is 57.2 Å². The first kappa shape index (κ1) is 22.8. The van der Waals surface area contributed by atoms with Crippen molar-refractivity contribution in [3.05, 3.63) is 82.9 Å². The van der Waals surface area contributed by atoms with Crippen molar-refractivity contribution in [2.24, 2.45) is 0 Å². The average molecular weight is 473 g/mol. The lowest BCUT2D eigenvalue weighted by Crippen LogP contribution is -2.33. The maximum absolute atomic E-state index is 13.1. The third kappa shape index (κ3) is 3.67. The summed E-state index contributed by atoms with van der Waals surface area (Å²) in [5, 5.41) is 3.11. The highest BCUT2D eigenvalue weighted by Gasteiger charge is 2.53. The van der Waals surface area contributed by atoms with Crippen molar-refractivity contribution >= 4 is 23.3 Å². The highest BCUT2D eigenvalue weighted by Crippen LogP contribution is 2.56. The van der Waals surface area contributed by atoms with Crippen molar-refractivity contribution < 1.29 is 23.8 Å². The molecule has 1 spiro atoms. The van der Waals surface area contributed by atoms with Gasteiger partial charge in [0, 0.05) is 47.2 Å². The second-order valence-corrected chi connectivity index (χ2v) is 8.44. The van der Waals surface area contributed by atoms with Crippen molar-refractivity contribution in [1.82, 2.24) is 0 Å². The van der Waals surface area contributed by atoms with E-state index < -0.39 is 5.60 Å². The van der Waals surface area contributed by atoms with Gasteiger partial charge in [0.15, 0.2) is 5.60 Å². The monoisotopic (exact) mass is 472 g/mol. The van der Waals surface area contributed by atoms with Crippen LogP contribution in [0, 0.1) is 0 Å². The van der Waals surface area contributed by atoms with Crippen LogP contribution in [0.25, 0.3) is 0 Å². The molecule has 180 valence electrons. The number of nitrogens with one attached hydrogen (secondary N) is 1. The van der Waals surface area contributed by atoms with Crippen LogP contribution in [0.1, 0.15) is 47.8 Å². The zero-order valence-corrected chi connectivity index (χ0v) is 20.1. The molecule has 0 saturated carbocycles. The number of rotatable bonds is 7. The smallest absolute Gasteiger partial charge is 0.340 e. The van der Waals surface area contributed by atoms with E-state index >= 15 is 0 Å². The SMILES string of the molecule is CCOC(=O)CNc1ccc2c(c1)C1(OC(=O)c3ccccc31)c1ccc(N(CC)CC)cc1O2. The summed E-state index contributed by atoms with van der Waals surface area (Å²) >= 11 is 0. The van der Waals surface area contributed by atoms with Crippen LogP contribution in [-0.4, -0.2) is 38.2 Å². The number of benzene rings is 3. The Labute approximate surface area is 204 Å². The number of carbonyl (C=O) groups excluding carboxylic acids is 2. The highest BCUT2D eigenvalue weighted by atomic mass is 16.6. The Hall–Kier alpha value is -4.00. The summed E-state index contributed by atoms with van der Waals surface area (Å²) in [4.78, 5) is 27.2. The molecule has 1 atom stereocenters. The van der Waals surface area contributed by atoms with E-state index in [0.717, 1.165) is 29.9 Å². The van der Waals surface area contributed by atoms with Crippen LogP contribution < -0.4 is 15.0 Å². The van der Waals surface area contributed by atoms with Crippen molar-refractivity contribution in [2.45, 2.75) is 26.4 Å². The number of anilines is 2. The van der Waals surface area contributed by atoms with Gasteiger partial charge in [-0.25, -0.2) is 4.79 Å². The van der Waals surface area contributed by atoms with Crippen molar-refractivity contribution in [3.63, 3.8) is 0 Å². The molecule has 2 aliphatic rings. The molecule has 0 saturated heterocycles. The van der Waals surface area contributed by atoms with Gasteiger partial charge in [0.1, 0.15) is 18.0 Å². The predicted octanol–water partition coefficient (Wildman–Crippen LogP) is 5.08. The Morgan fingerprint density at radius 1 is 0.943 bits per heavy atom. The number of hydrogen-bond donors (Lipinski definition) is 1. The molecule has 1 N–H and O–H groups in total. The molecule has 2 aliphatic heterocycles. The molecule has 2 heterocycles. The first-order valence-corrected chi connectivity index (χ1v) is 12.0. The van der Waals surface area contributed by atoms with Crippen molar-refractivity contribution in [2.75, 3.05) is 36.5 Å². The summed E-state index contributed by atoms with van der Waals surface area (Å²) < 4.78 is 17.6. The minimum atomic E-state index is -1.15. The lowest BCUT2D eigenvalue weighted by Gasteiger charge is -2.37. The summed E-state index contributed by atoms with van der Waals surface area (Å²) in [6.45, 7) is 8.07. The zero-order chi connectivity index (χ0) is 24.6. The van der Waals surface area contributed by atoms with Gasteiger partial charge < -0.3 is 24.4 Å². The maximum Gasteiger partial charge on any atom is 0.340 e. The van der Waals surface area contributed by atoms with E-state index in [4.69, 9.17) is 14.2 Å². The largest absolute Gasteiger partial charge is 0.465 e. The molecule has 35 heavy (non-hydrogen) atoms. The second-order valence-electron chi connectivity index (χ2n) is 8.44. The second kappa shape index (κ2) is 8.98. The molecule has 3 aromatic rings. The van der Waals surface area contributed by atoms with E-state index in [1.165, 1.54) is 0 Å². The van der Waals surface area contributed by atoms with Crippen LogP contribution in [-0.2, 0) is 19.9 Å². The van der Waals surface area contributed by atoms with Gasteiger partial charge in [0.05, 0.1) is 12.2 Å². The standard InChI is InChI=1S/C28H28N2O5/c1-4-30(5-2)19-12-13-22-25(16-19)34-24-14-11-18(29-17-26(31)33-6-3)15-23(24)28(22)21-10-8-7-9-20(21)27(32)35-28/h7-16,29H,4-6,17H2,1-3H3. The van der Waals surface area contributed by atoms with Crippen LogP contribution in [0.5, 0.6) is 11.5 Å². The third-order valence-corrected chi connectivity index (χ3v) is 6.57. The normalized spacial score (nSPS) is 17.1. The molecule has 3 aromatic carbocycles. The quantitative estimate of drug-likeness (QED) is 0.481. The van der Waals surface area contributed by atoms with Gasteiger partial charge in [-0.1, -0.05) is 18.2 Å². The fourth-order valence-corrected chi connectivity index (χ4v) is 4.94. The minimum Gasteiger partial charge on any atom is -0.465 e. The van der Waals surface area contributed by atoms with Gasteiger partial charge in [-0.2, -0.15) is 0 Å². The number of nitrogens with zero attached hydrogens (tertiary/aromatic N) is 1. The van der Waals surface area contributed by atoms with Crippen molar-refractivity contribution in [1.29, 1.82) is 0 Å². The van der Waals surface area contributed by atoms with Gasteiger partial charge in [0.25, 0.3) is 0 Å². The number of esters is 2. The molecular weight excluding hydrogens is 444 g/mol. The third-order valence-electron chi connectivity index (χ3n) is 6.57. The molecule has 0 fully saturated rings. The van der Waals surface area contributed by atoms with Gasteiger partial charge >= 0.3 is 11.9 Å². The Kier molecular flexibility index (Phi) is 5.84. The molecule has 0 amide bonds. The zero-order valence-electron chi connectivity index (χ0n) is 20.1. The first-order chi connectivity index (χ1) is 17.0. The Morgan fingerprint density at radius 2 is 1.74 bits per heavy atom. The Morgan fingerprint density at radius 3 is 2.51 bits per heavy atom. The fraction of sp³-hybridized carbons (Fsp3) is 0.286.